The van der Waals surface area contributed by atoms with Gasteiger partial charge < -0.3 is 10.3 Å². The van der Waals surface area contributed by atoms with Crippen LogP contribution in [0.1, 0.15) is 6.92 Å². The van der Waals surface area contributed by atoms with E-state index >= 15 is 0 Å². The zero-order valence-electron chi connectivity index (χ0n) is 10.3. The molecule has 1 saturated heterocycles. The van der Waals surface area contributed by atoms with Gasteiger partial charge in [0.25, 0.3) is 11.5 Å². The van der Waals surface area contributed by atoms with Crippen LogP contribution in [0.5, 0.6) is 0 Å². The minimum atomic E-state index is -0.959. The van der Waals surface area contributed by atoms with E-state index in [9.17, 15) is 19.2 Å². The fourth-order valence-corrected chi connectivity index (χ4v) is 1.56. The number of hydrogen-bond acceptors (Lipinski definition) is 6. The summed E-state index contributed by atoms with van der Waals surface area (Å²) in [4.78, 5) is 54.2. The number of carbonyl (C=O) groups excluding carboxylic acids is 2. The summed E-state index contributed by atoms with van der Waals surface area (Å²) < 4.78 is 0. The van der Waals surface area contributed by atoms with E-state index in [2.05, 4.69) is 25.6 Å². The molecule has 2 aliphatic heterocycles. The van der Waals surface area contributed by atoms with Crippen molar-refractivity contribution in [2.75, 3.05) is 0 Å². The minimum Gasteiger partial charge on any atom is -0.314 e. The molecular formula is C10H10N6O4. The standard InChI is InChI=1S/C6H6N4O2.C4H4N2O2/c1-6-3(7-2-8-6)4(11)9-5(12)10-6;7-3-1-2-5-4(8)6-3/h2H,1H3,(H2,9,10,11,12);1-2H,(H2,5,6,7,8). The average molecular weight is 278 g/mol. The summed E-state index contributed by atoms with van der Waals surface area (Å²) in [6, 6.07) is 0.696. The van der Waals surface area contributed by atoms with E-state index in [-0.39, 0.29) is 11.3 Å². The molecule has 0 aromatic carbocycles. The van der Waals surface area contributed by atoms with E-state index in [1.54, 1.807) is 6.92 Å². The van der Waals surface area contributed by atoms with Crippen LogP contribution in [0.2, 0.25) is 0 Å². The summed E-state index contributed by atoms with van der Waals surface area (Å²) in [5.74, 6) is -0.487. The molecule has 1 unspecified atom stereocenters. The van der Waals surface area contributed by atoms with E-state index < -0.39 is 23.3 Å². The molecule has 3 heterocycles. The number of aromatic nitrogens is 2. The molecule has 0 radical (unpaired) electrons. The van der Waals surface area contributed by atoms with Gasteiger partial charge in [-0.25, -0.2) is 19.6 Å². The zero-order chi connectivity index (χ0) is 14.8. The molecule has 3 amide bonds. The Labute approximate surface area is 111 Å². The molecule has 10 nitrogen and oxygen atoms in total. The predicted molar refractivity (Wildman–Crippen MR) is 68.7 cm³/mol. The summed E-state index contributed by atoms with van der Waals surface area (Å²) in [6.07, 6.45) is 2.56. The van der Waals surface area contributed by atoms with Crippen molar-refractivity contribution >= 4 is 24.0 Å². The third kappa shape index (κ3) is 2.68. The smallest absolute Gasteiger partial charge is 0.314 e. The molecule has 20 heavy (non-hydrogen) atoms. The van der Waals surface area contributed by atoms with Gasteiger partial charge in [-0.15, -0.1) is 0 Å². The van der Waals surface area contributed by atoms with Gasteiger partial charge in [-0.05, 0) is 6.92 Å². The number of rotatable bonds is 0. The first-order valence-corrected chi connectivity index (χ1v) is 5.44. The molecule has 0 bridgehead atoms. The molecule has 1 atom stereocenters. The normalized spacial score (nSPS) is 22.9. The maximum atomic E-state index is 11.1. The summed E-state index contributed by atoms with van der Waals surface area (Å²) >= 11 is 0. The fourth-order valence-electron chi connectivity index (χ4n) is 1.56. The topological polar surface area (TPSA) is 149 Å². The lowest BCUT2D eigenvalue weighted by Gasteiger charge is -2.27. The van der Waals surface area contributed by atoms with Gasteiger partial charge >= 0.3 is 11.7 Å². The Morgan fingerprint density at radius 3 is 2.55 bits per heavy atom. The van der Waals surface area contributed by atoms with Crippen molar-refractivity contribution in [1.82, 2.24) is 20.6 Å². The van der Waals surface area contributed by atoms with Gasteiger partial charge in [0.15, 0.2) is 11.4 Å². The van der Waals surface area contributed by atoms with Crippen LogP contribution in [0.4, 0.5) is 4.79 Å². The largest absolute Gasteiger partial charge is 0.325 e. The SMILES string of the molecule is CC12N=CN=C1C(=O)NC(=O)N2.O=c1cc[nH]c(=O)[nH]1. The highest BCUT2D eigenvalue weighted by Crippen LogP contribution is 2.15. The summed E-state index contributed by atoms with van der Waals surface area (Å²) in [7, 11) is 0. The lowest BCUT2D eigenvalue weighted by Crippen LogP contribution is -2.63. The van der Waals surface area contributed by atoms with Crippen LogP contribution < -0.4 is 21.9 Å². The van der Waals surface area contributed by atoms with E-state index in [1.165, 1.54) is 18.6 Å². The van der Waals surface area contributed by atoms with Crippen LogP contribution in [0.3, 0.4) is 0 Å². The molecule has 3 rings (SSSR count). The van der Waals surface area contributed by atoms with Gasteiger partial charge in [-0.3, -0.25) is 19.9 Å². The Balaban J connectivity index is 0.000000160. The Hall–Kier alpha value is -3.04. The first-order valence-electron chi connectivity index (χ1n) is 5.44. The van der Waals surface area contributed by atoms with Crippen LogP contribution in [-0.2, 0) is 4.79 Å². The van der Waals surface area contributed by atoms with Crippen LogP contribution in [0.25, 0.3) is 0 Å². The van der Waals surface area contributed by atoms with E-state index in [4.69, 9.17) is 0 Å². The number of carbonyl (C=O) groups is 2. The Kier molecular flexibility index (Phi) is 3.29. The number of aromatic amines is 2. The number of fused-ring (bicyclic) bond motifs is 1. The lowest BCUT2D eigenvalue weighted by molar-refractivity contribution is -0.114. The monoisotopic (exact) mass is 278 g/mol. The zero-order valence-corrected chi connectivity index (χ0v) is 10.3. The Morgan fingerprint density at radius 1 is 1.20 bits per heavy atom. The molecule has 1 aromatic rings. The third-order valence-electron chi connectivity index (χ3n) is 2.45. The van der Waals surface area contributed by atoms with Crippen LogP contribution in [0.15, 0.2) is 31.8 Å². The Morgan fingerprint density at radius 2 is 1.95 bits per heavy atom. The van der Waals surface area contributed by atoms with Gasteiger partial charge in [0, 0.05) is 12.3 Å². The number of H-pyrrole nitrogens is 2. The van der Waals surface area contributed by atoms with E-state index in [0.29, 0.717) is 0 Å². The maximum Gasteiger partial charge on any atom is 0.325 e. The lowest BCUT2D eigenvalue weighted by atomic mass is 10.1. The number of nitrogens with zero attached hydrogens (tertiary/aromatic N) is 2. The van der Waals surface area contributed by atoms with Gasteiger partial charge in [-0.1, -0.05) is 0 Å². The van der Waals surface area contributed by atoms with Crippen molar-refractivity contribution in [3.8, 4) is 0 Å². The number of imide groups is 1. The van der Waals surface area contributed by atoms with Crippen molar-refractivity contribution in [1.29, 1.82) is 0 Å². The Bertz CT molecular complexity index is 704. The maximum absolute atomic E-state index is 11.1. The number of urea groups is 1. The number of aliphatic imine (C=N–C) groups is 2. The second-order valence-corrected chi connectivity index (χ2v) is 4.00. The molecule has 1 fully saturated rings. The molecule has 104 valence electrons. The third-order valence-corrected chi connectivity index (χ3v) is 2.45. The summed E-state index contributed by atoms with van der Waals surface area (Å²) in [6.45, 7) is 1.62. The first-order chi connectivity index (χ1) is 9.40. The van der Waals surface area contributed by atoms with Crippen molar-refractivity contribution in [2.24, 2.45) is 9.98 Å². The number of hydrogen-bond donors (Lipinski definition) is 4. The number of nitrogens with one attached hydrogen (secondary N) is 4. The molecule has 2 aliphatic rings. The molecule has 4 N–H and O–H groups in total. The van der Waals surface area contributed by atoms with E-state index in [1.807, 2.05) is 4.98 Å². The number of amides is 3. The minimum absolute atomic E-state index is 0.224. The van der Waals surface area contributed by atoms with Gasteiger partial charge in [0.2, 0.25) is 0 Å². The van der Waals surface area contributed by atoms with Crippen LogP contribution in [0, 0.1) is 0 Å². The summed E-state index contributed by atoms with van der Waals surface area (Å²) in [5.41, 5.74) is -1.59. The molecule has 0 aliphatic carbocycles. The average Bonchev–Trinajstić information content (AvgIpc) is 2.71. The highest BCUT2D eigenvalue weighted by atomic mass is 16.2. The molecular weight excluding hydrogens is 268 g/mol. The van der Waals surface area contributed by atoms with Gasteiger partial charge in [0.1, 0.15) is 6.34 Å². The second-order valence-electron chi connectivity index (χ2n) is 4.00. The van der Waals surface area contributed by atoms with Crippen LogP contribution in [-0.4, -0.2) is 39.6 Å². The highest BCUT2D eigenvalue weighted by molar-refractivity contribution is 6.48. The molecule has 0 saturated carbocycles. The molecule has 10 heteroatoms. The highest BCUT2D eigenvalue weighted by Gasteiger charge is 2.43. The fraction of sp³-hybridized carbons (Fsp3) is 0.200. The van der Waals surface area contributed by atoms with E-state index in [0.717, 1.165) is 0 Å². The predicted octanol–water partition coefficient (Wildman–Crippen LogP) is -1.91. The van der Waals surface area contributed by atoms with Gasteiger partial charge in [-0.2, -0.15) is 0 Å². The van der Waals surface area contributed by atoms with Crippen molar-refractivity contribution < 1.29 is 9.59 Å². The van der Waals surface area contributed by atoms with Crippen molar-refractivity contribution in [2.45, 2.75) is 12.6 Å². The quantitative estimate of drug-likeness (QED) is 0.438. The van der Waals surface area contributed by atoms with Crippen molar-refractivity contribution in [3.05, 3.63) is 33.1 Å². The molecule has 1 aromatic heterocycles. The second kappa shape index (κ2) is 4.91. The van der Waals surface area contributed by atoms with Crippen molar-refractivity contribution in [3.63, 3.8) is 0 Å². The van der Waals surface area contributed by atoms with Gasteiger partial charge in [0.05, 0.1) is 0 Å². The summed E-state index contributed by atoms with van der Waals surface area (Å²) in [5, 5.41) is 4.56. The first kappa shape index (κ1) is 13.4. The molecule has 0 spiro atoms. The van der Waals surface area contributed by atoms with Crippen LogP contribution >= 0.6 is 0 Å².